The van der Waals surface area contributed by atoms with E-state index in [-0.39, 0.29) is 0 Å². The number of nitrogens with zero attached hydrogens (tertiary/aromatic N) is 2. The first-order chi connectivity index (χ1) is 9.17. The van der Waals surface area contributed by atoms with Gasteiger partial charge in [-0.25, -0.2) is 9.97 Å². The van der Waals surface area contributed by atoms with Crippen LogP contribution in [0.25, 0.3) is 0 Å². The fourth-order valence-electron chi connectivity index (χ4n) is 1.84. The van der Waals surface area contributed by atoms with E-state index in [0.717, 1.165) is 31.0 Å². The van der Waals surface area contributed by atoms with Crippen LogP contribution in [0.15, 0.2) is 30.3 Å². The Balaban J connectivity index is 2.04. The van der Waals surface area contributed by atoms with E-state index in [2.05, 4.69) is 53.4 Å². The lowest BCUT2D eigenvalue weighted by Crippen LogP contribution is -2.06. The molecule has 0 saturated carbocycles. The van der Waals surface area contributed by atoms with Gasteiger partial charge in [-0.05, 0) is 18.9 Å². The molecule has 0 bridgehead atoms. The maximum Gasteiger partial charge on any atom is 0.133 e. The second-order valence-electron chi connectivity index (χ2n) is 4.68. The van der Waals surface area contributed by atoms with Crippen LogP contribution in [0.5, 0.6) is 0 Å². The zero-order valence-corrected chi connectivity index (χ0v) is 11.5. The first kappa shape index (κ1) is 13.3. The average molecular weight is 256 g/mol. The number of hydrogen-bond acceptors (Lipinski definition) is 4. The van der Waals surface area contributed by atoms with Crippen LogP contribution >= 0.6 is 0 Å². The molecule has 4 nitrogen and oxygen atoms in total. The standard InChI is InChI=1S/C15H20N4/c1-3-4-14-18-13(16)9-15(19-14)17-10-12-7-5-11(2)6-8-12/h5-9H,3-4,10H2,1-2H3,(H3,16,17,18,19). The summed E-state index contributed by atoms with van der Waals surface area (Å²) in [5.74, 6) is 2.11. The van der Waals surface area contributed by atoms with Gasteiger partial charge in [-0.15, -0.1) is 0 Å². The zero-order chi connectivity index (χ0) is 13.7. The summed E-state index contributed by atoms with van der Waals surface area (Å²) in [4.78, 5) is 8.67. The van der Waals surface area contributed by atoms with Gasteiger partial charge in [-0.2, -0.15) is 0 Å². The summed E-state index contributed by atoms with van der Waals surface area (Å²) in [6.45, 7) is 4.92. The van der Waals surface area contributed by atoms with Gasteiger partial charge in [0, 0.05) is 19.0 Å². The lowest BCUT2D eigenvalue weighted by molar-refractivity contribution is 0.836. The molecular weight excluding hydrogens is 236 g/mol. The largest absolute Gasteiger partial charge is 0.384 e. The van der Waals surface area contributed by atoms with Gasteiger partial charge in [0.2, 0.25) is 0 Å². The Hall–Kier alpha value is -2.10. The van der Waals surface area contributed by atoms with Crippen molar-refractivity contribution >= 4 is 11.6 Å². The van der Waals surface area contributed by atoms with Crippen molar-refractivity contribution in [3.8, 4) is 0 Å². The topological polar surface area (TPSA) is 63.8 Å². The molecule has 2 rings (SSSR count). The van der Waals surface area contributed by atoms with E-state index in [4.69, 9.17) is 5.73 Å². The van der Waals surface area contributed by atoms with Crippen molar-refractivity contribution in [1.29, 1.82) is 0 Å². The first-order valence-electron chi connectivity index (χ1n) is 6.60. The maximum absolute atomic E-state index is 5.79. The van der Waals surface area contributed by atoms with Crippen LogP contribution in [0.1, 0.15) is 30.3 Å². The number of nitrogens with one attached hydrogen (secondary N) is 1. The molecule has 1 aromatic carbocycles. The number of hydrogen-bond donors (Lipinski definition) is 2. The predicted molar refractivity (Wildman–Crippen MR) is 78.9 cm³/mol. The van der Waals surface area contributed by atoms with Crippen molar-refractivity contribution < 1.29 is 0 Å². The van der Waals surface area contributed by atoms with Crippen molar-refractivity contribution in [2.45, 2.75) is 33.2 Å². The van der Waals surface area contributed by atoms with Crippen molar-refractivity contribution in [2.75, 3.05) is 11.1 Å². The highest BCUT2D eigenvalue weighted by molar-refractivity contribution is 5.45. The molecule has 0 saturated heterocycles. The number of nitrogens with two attached hydrogens (primary N) is 1. The molecule has 100 valence electrons. The molecule has 0 radical (unpaired) electrons. The van der Waals surface area contributed by atoms with Crippen molar-refractivity contribution in [3.05, 3.63) is 47.3 Å². The van der Waals surface area contributed by atoms with Crippen LogP contribution in [0.2, 0.25) is 0 Å². The molecule has 2 aromatic rings. The second-order valence-corrected chi connectivity index (χ2v) is 4.68. The average Bonchev–Trinajstić information content (AvgIpc) is 2.38. The monoisotopic (exact) mass is 256 g/mol. The minimum Gasteiger partial charge on any atom is -0.384 e. The Morgan fingerprint density at radius 2 is 1.89 bits per heavy atom. The van der Waals surface area contributed by atoms with E-state index in [9.17, 15) is 0 Å². The highest BCUT2D eigenvalue weighted by Gasteiger charge is 2.02. The highest BCUT2D eigenvalue weighted by Crippen LogP contribution is 2.11. The smallest absolute Gasteiger partial charge is 0.133 e. The minimum atomic E-state index is 0.518. The molecular formula is C15H20N4. The third kappa shape index (κ3) is 3.95. The molecule has 0 aliphatic rings. The van der Waals surface area contributed by atoms with E-state index in [1.165, 1.54) is 11.1 Å². The summed E-state index contributed by atoms with van der Waals surface area (Å²) in [5.41, 5.74) is 8.27. The molecule has 1 heterocycles. The first-order valence-corrected chi connectivity index (χ1v) is 6.60. The van der Waals surface area contributed by atoms with Crippen molar-refractivity contribution in [2.24, 2.45) is 0 Å². The number of anilines is 2. The number of aryl methyl sites for hydroxylation is 2. The Labute approximate surface area is 114 Å². The van der Waals surface area contributed by atoms with Gasteiger partial charge in [0.1, 0.15) is 17.5 Å². The molecule has 3 N–H and O–H groups in total. The van der Waals surface area contributed by atoms with Gasteiger partial charge in [0.05, 0.1) is 0 Å². The van der Waals surface area contributed by atoms with E-state index in [0.29, 0.717) is 5.82 Å². The quantitative estimate of drug-likeness (QED) is 0.863. The number of rotatable bonds is 5. The Bertz CT molecular complexity index is 534. The minimum absolute atomic E-state index is 0.518. The predicted octanol–water partition coefficient (Wildman–Crippen LogP) is 2.93. The molecule has 0 aliphatic carbocycles. The van der Waals surface area contributed by atoms with E-state index >= 15 is 0 Å². The number of nitrogen functional groups attached to an aromatic ring is 1. The fourth-order valence-corrected chi connectivity index (χ4v) is 1.84. The van der Waals surface area contributed by atoms with E-state index in [1.807, 2.05) is 0 Å². The Morgan fingerprint density at radius 3 is 2.58 bits per heavy atom. The summed E-state index contributed by atoms with van der Waals surface area (Å²) in [6, 6.07) is 10.2. The summed E-state index contributed by atoms with van der Waals surface area (Å²) >= 11 is 0. The van der Waals surface area contributed by atoms with Crippen LogP contribution in [0.4, 0.5) is 11.6 Å². The number of benzene rings is 1. The lowest BCUT2D eigenvalue weighted by Gasteiger charge is -2.08. The maximum atomic E-state index is 5.79. The summed E-state index contributed by atoms with van der Waals surface area (Å²) in [6.07, 6.45) is 1.87. The van der Waals surface area contributed by atoms with Crippen LogP contribution in [0.3, 0.4) is 0 Å². The Morgan fingerprint density at radius 1 is 1.16 bits per heavy atom. The van der Waals surface area contributed by atoms with Gasteiger partial charge >= 0.3 is 0 Å². The fraction of sp³-hybridized carbons (Fsp3) is 0.333. The normalized spacial score (nSPS) is 10.4. The number of aromatic nitrogens is 2. The SMILES string of the molecule is CCCc1nc(N)cc(NCc2ccc(C)cc2)n1. The zero-order valence-electron chi connectivity index (χ0n) is 11.5. The van der Waals surface area contributed by atoms with Crippen molar-refractivity contribution in [3.63, 3.8) is 0 Å². The summed E-state index contributed by atoms with van der Waals surface area (Å²) in [7, 11) is 0. The third-order valence-electron chi connectivity index (χ3n) is 2.86. The van der Waals surface area contributed by atoms with Gasteiger partial charge in [0.15, 0.2) is 0 Å². The van der Waals surface area contributed by atoms with Crippen LogP contribution in [0, 0.1) is 6.92 Å². The third-order valence-corrected chi connectivity index (χ3v) is 2.86. The summed E-state index contributed by atoms with van der Waals surface area (Å²) in [5, 5.41) is 3.29. The lowest BCUT2D eigenvalue weighted by atomic mass is 10.1. The molecule has 0 unspecified atom stereocenters. The van der Waals surface area contributed by atoms with Gasteiger partial charge in [-0.3, -0.25) is 0 Å². The molecule has 0 amide bonds. The van der Waals surface area contributed by atoms with E-state index in [1.54, 1.807) is 6.07 Å². The van der Waals surface area contributed by atoms with Crippen LogP contribution < -0.4 is 11.1 Å². The molecule has 4 heteroatoms. The Kier molecular flexibility index (Phi) is 4.34. The molecule has 1 aromatic heterocycles. The van der Waals surface area contributed by atoms with E-state index < -0.39 is 0 Å². The van der Waals surface area contributed by atoms with Gasteiger partial charge < -0.3 is 11.1 Å². The summed E-state index contributed by atoms with van der Waals surface area (Å²) < 4.78 is 0. The van der Waals surface area contributed by atoms with Crippen LogP contribution in [-0.4, -0.2) is 9.97 Å². The molecule has 0 spiro atoms. The molecule has 19 heavy (non-hydrogen) atoms. The molecule has 0 aliphatic heterocycles. The van der Waals surface area contributed by atoms with Gasteiger partial charge in [0.25, 0.3) is 0 Å². The molecule has 0 fully saturated rings. The molecule has 0 atom stereocenters. The highest BCUT2D eigenvalue weighted by atomic mass is 15.0. The van der Waals surface area contributed by atoms with Crippen LogP contribution in [-0.2, 0) is 13.0 Å². The van der Waals surface area contributed by atoms with Crippen molar-refractivity contribution in [1.82, 2.24) is 9.97 Å². The van der Waals surface area contributed by atoms with Gasteiger partial charge in [-0.1, -0.05) is 36.8 Å². The second kappa shape index (κ2) is 6.18.